The number of hydrogen-bond donors (Lipinski definition) is 1. The minimum atomic E-state index is -0.0950. The van der Waals surface area contributed by atoms with Crippen LogP contribution in [0, 0.1) is 0 Å². The fraction of sp³-hybridized carbons (Fsp3) is 0.167. The number of hydrogen-bond acceptors (Lipinski definition) is 5. The summed E-state index contributed by atoms with van der Waals surface area (Å²) < 4.78 is 13.3. The zero-order valence-corrected chi connectivity index (χ0v) is 16.9. The van der Waals surface area contributed by atoms with Gasteiger partial charge in [-0.25, -0.2) is 4.98 Å². The molecule has 4 aromatic rings. The number of rotatable bonds is 7. The lowest BCUT2D eigenvalue weighted by atomic mass is 10.2. The first-order valence-corrected chi connectivity index (χ1v) is 9.63. The summed E-state index contributed by atoms with van der Waals surface area (Å²) in [5, 5.41) is 9.38. The molecule has 0 unspecified atom stereocenters. The molecule has 0 amide bonds. The maximum atomic E-state index is 9.38. The van der Waals surface area contributed by atoms with Crippen molar-refractivity contribution in [2.45, 2.75) is 13.2 Å². The molecule has 1 aromatic heterocycles. The van der Waals surface area contributed by atoms with Gasteiger partial charge in [0.25, 0.3) is 0 Å². The second kappa shape index (κ2) is 8.80. The third kappa shape index (κ3) is 4.18. The number of fused-ring (bicyclic) bond motifs is 1. The zero-order valence-electron chi connectivity index (χ0n) is 16.9. The Kier molecular flexibility index (Phi) is 5.77. The van der Waals surface area contributed by atoms with Gasteiger partial charge in [0.15, 0.2) is 11.5 Å². The van der Waals surface area contributed by atoms with E-state index in [0.29, 0.717) is 23.9 Å². The molecule has 1 heterocycles. The van der Waals surface area contributed by atoms with Crippen molar-refractivity contribution in [3.8, 4) is 11.5 Å². The lowest BCUT2D eigenvalue weighted by molar-refractivity contribution is 0.268. The average molecular weight is 401 g/mol. The van der Waals surface area contributed by atoms with E-state index in [-0.39, 0.29) is 6.61 Å². The highest BCUT2D eigenvalue weighted by molar-refractivity contribution is 5.85. The van der Waals surface area contributed by atoms with Crippen molar-refractivity contribution in [3.63, 3.8) is 0 Å². The van der Waals surface area contributed by atoms with E-state index in [4.69, 9.17) is 9.47 Å². The van der Waals surface area contributed by atoms with E-state index in [1.54, 1.807) is 13.3 Å². The summed E-state index contributed by atoms with van der Waals surface area (Å²) in [5.41, 5.74) is 4.54. The Balaban J connectivity index is 1.51. The molecule has 152 valence electrons. The monoisotopic (exact) mass is 401 g/mol. The highest BCUT2D eigenvalue weighted by Crippen LogP contribution is 2.29. The largest absolute Gasteiger partial charge is 0.493 e. The number of aliphatic hydroxyl groups excluding tert-OH is 1. The molecular weight excluding hydrogens is 378 g/mol. The number of imidazole rings is 1. The Morgan fingerprint density at radius 3 is 2.63 bits per heavy atom. The second-order valence-electron chi connectivity index (χ2n) is 6.86. The number of aromatic nitrogens is 2. The van der Waals surface area contributed by atoms with Crippen LogP contribution in [-0.4, -0.2) is 28.0 Å². The SMILES string of the molecule is COc1cc(C=Nc2ccc3c(c2)nc(CO)n3C)ccc1OCc1ccccc1. The Morgan fingerprint density at radius 1 is 1.03 bits per heavy atom. The van der Waals surface area contributed by atoms with Crippen LogP contribution >= 0.6 is 0 Å². The number of aryl methyl sites for hydroxylation is 1. The molecule has 0 spiro atoms. The topological polar surface area (TPSA) is 68.9 Å². The van der Waals surface area contributed by atoms with E-state index >= 15 is 0 Å². The Hall–Kier alpha value is -3.64. The molecule has 6 heteroatoms. The van der Waals surface area contributed by atoms with Crippen LogP contribution in [0.5, 0.6) is 11.5 Å². The van der Waals surface area contributed by atoms with Crippen molar-refractivity contribution in [1.29, 1.82) is 0 Å². The number of ether oxygens (including phenoxy) is 2. The van der Waals surface area contributed by atoms with Gasteiger partial charge in [-0.2, -0.15) is 0 Å². The molecule has 1 N–H and O–H groups in total. The summed E-state index contributed by atoms with van der Waals surface area (Å²) in [6.07, 6.45) is 1.78. The smallest absolute Gasteiger partial charge is 0.161 e. The molecule has 0 fully saturated rings. The fourth-order valence-corrected chi connectivity index (χ4v) is 3.23. The lowest BCUT2D eigenvalue weighted by Crippen LogP contribution is -1.98. The molecular formula is C24H23N3O3. The maximum absolute atomic E-state index is 9.38. The van der Waals surface area contributed by atoms with Crippen LogP contribution in [0.1, 0.15) is 17.0 Å². The average Bonchev–Trinajstić information content (AvgIpc) is 3.12. The molecule has 0 aliphatic rings. The van der Waals surface area contributed by atoms with Gasteiger partial charge in [-0.1, -0.05) is 30.3 Å². The number of methoxy groups -OCH3 is 1. The Morgan fingerprint density at radius 2 is 1.87 bits per heavy atom. The van der Waals surface area contributed by atoms with Crippen LogP contribution < -0.4 is 9.47 Å². The van der Waals surface area contributed by atoms with Crippen LogP contribution in [0.15, 0.2) is 71.7 Å². The van der Waals surface area contributed by atoms with E-state index in [1.807, 2.05) is 78.3 Å². The van der Waals surface area contributed by atoms with E-state index in [1.165, 1.54) is 0 Å². The van der Waals surface area contributed by atoms with Crippen LogP contribution in [-0.2, 0) is 20.3 Å². The molecule has 0 aliphatic heterocycles. The zero-order chi connectivity index (χ0) is 20.9. The Bertz CT molecular complexity index is 1180. The maximum Gasteiger partial charge on any atom is 0.161 e. The predicted octanol–water partition coefficient (Wildman–Crippen LogP) is 4.40. The highest BCUT2D eigenvalue weighted by atomic mass is 16.5. The molecule has 0 radical (unpaired) electrons. The quantitative estimate of drug-likeness (QED) is 0.466. The first kappa shape index (κ1) is 19.7. The van der Waals surface area contributed by atoms with Gasteiger partial charge in [-0.05, 0) is 47.5 Å². The van der Waals surface area contributed by atoms with Crippen molar-refractivity contribution >= 4 is 22.9 Å². The first-order valence-electron chi connectivity index (χ1n) is 9.63. The summed E-state index contributed by atoms with van der Waals surface area (Å²) in [5.74, 6) is 1.97. The van der Waals surface area contributed by atoms with Gasteiger partial charge in [0.05, 0.1) is 23.8 Å². The molecule has 0 saturated carbocycles. The number of benzene rings is 3. The van der Waals surface area contributed by atoms with Crippen LogP contribution in [0.2, 0.25) is 0 Å². The standard InChI is InChI=1S/C24H23N3O3/c1-27-21-10-9-19(13-20(21)26-24(27)15-28)25-14-18-8-11-22(23(12-18)29-2)30-16-17-6-4-3-5-7-17/h3-14,28H,15-16H2,1-2H3. The molecule has 0 aliphatic carbocycles. The van der Waals surface area contributed by atoms with Crippen molar-refractivity contribution in [1.82, 2.24) is 9.55 Å². The van der Waals surface area contributed by atoms with Gasteiger partial charge in [0.2, 0.25) is 0 Å². The van der Waals surface area contributed by atoms with Crippen LogP contribution in [0.4, 0.5) is 5.69 Å². The van der Waals surface area contributed by atoms with Crippen molar-refractivity contribution in [3.05, 3.63) is 83.7 Å². The van der Waals surface area contributed by atoms with E-state index < -0.39 is 0 Å². The molecule has 0 saturated heterocycles. The van der Waals surface area contributed by atoms with Gasteiger partial charge >= 0.3 is 0 Å². The number of aliphatic imine (C=N–C) groups is 1. The highest BCUT2D eigenvalue weighted by Gasteiger charge is 2.08. The number of nitrogens with zero attached hydrogens (tertiary/aromatic N) is 3. The minimum Gasteiger partial charge on any atom is -0.493 e. The first-order chi connectivity index (χ1) is 14.7. The second-order valence-corrected chi connectivity index (χ2v) is 6.86. The van der Waals surface area contributed by atoms with Crippen LogP contribution in [0.3, 0.4) is 0 Å². The normalized spacial score (nSPS) is 11.3. The summed E-state index contributed by atoms with van der Waals surface area (Å²) in [6, 6.07) is 21.5. The molecule has 3 aromatic carbocycles. The minimum absolute atomic E-state index is 0.0950. The summed E-state index contributed by atoms with van der Waals surface area (Å²) in [7, 11) is 3.51. The summed E-state index contributed by atoms with van der Waals surface area (Å²) in [4.78, 5) is 8.99. The lowest BCUT2D eigenvalue weighted by Gasteiger charge is -2.11. The molecule has 0 atom stereocenters. The van der Waals surface area contributed by atoms with E-state index in [9.17, 15) is 5.11 Å². The van der Waals surface area contributed by atoms with Gasteiger partial charge in [0, 0.05) is 13.3 Å². The van der Waals surface area contributed by atoms with Crippen molar-refractivity contribution in [2.75, 3.05) is 7.11 Å². The van der Waals surface area contributed by atoms with Crippen molar-refractivity contribution < 1.29 is 14.6 Å². The summed E-state index contributed by atoms with van der Waals surface area (Å²) >= 11 is 0. The Labute approximate surface area is 175 Å². The molecule has 6 nitrogen and oxygen atoms in total. The van der Waals surface area contributed by atoms with Gasteiger partial charge in [-0.3, -0.25) is 4.99 Å². The molecule has 4 rings (SSSR count). The van der Waals surface area contributed by atoms with E-state index in [2.05, 4.69) is 9.98 Å². The van der Waals surface area contributed by atoms with Gasteiger partial charge in [0.1, 0.15) is 19.0 Å². The number of aliphatic hydroxyl groups is 1. The van der Waals surface area contributed by atoms with Gasteiger partial charge in [-0.15, -0.1) is 0 Å². The van der Waals surface area contributed by atoms with Crippen LogP contribution in [0.25, 0.3) is 11.0 Å². The summed E-state index contributed by atoms with van der Waals surface area (Å²) in [6.45, 7) is 0.382. The third-order valence-corrected chi connectivity index (χ3v) is 4.89. The predicted molar refractivity (Wildman–Crippen MR) is 118 cm³/mol. The van der Waals surface area contributed by atoms with E-state index in [0.717, 1.165) is 27.8 Å². The molecule has 30 heavy (non-hydrogen) atoms. The third-order valence-electron chi connectivity index (χ3n) is 4.89. The van der Waals surface area contributed by atoms with Gasteiger partial charge < -0.3 is 19.1 Å². The van der Waals surface area contributed by atoms with Crippen molar-refractivity contribution in [2.24, 2.45) is 12.0 Å². The molecule has 0 bridgehead atoms. The fourth-order valence-electron chi connectivity index (χ4n) is 3.23.